The summed E-state index contributed by atoms with van der Waals surface area (Å²) in [7, 11) is -3.67. The second-order valence-electron chi connectivity index (χ2n) is 10.9. The maximum absolute atomic E-state index is 13.7. The van der Waals surface area contributed by atoms with Gasteiger partial charge in [-0.15, -0.1) is 0 Å². The molecule has 0 unspecified atom stereocenters. The number of aliphatic hydroxyl groups excluding tert-OH is 1. The van der Waals surface area contributed by atoms with E-state index in [0.717, 1.165) is 54.1 Å². The number of pyridine rings is 1. The molecular weight excluding hydrogens is 538 g/mol. The smallest absolute Gasteiger partial charge is 0.251 e. The van der Waals surface area contributed by atoms with Crippen molar-refractivity contribution in [1.82, 2.24) is 14.8 Å². The molecule has 0 spiro atoms. The molecule has 2 aliphatic heterocycles. The molecular formula is C28H36F2N6O3S. The number of aromatic nitrogens is 3. The molecule has 0 atom stereocenters. The molecule has 0 saturated carbocycles. The van der Waals surface area contributed by atoms with E-state index in [1.807, 2.05) is 42.3 Å². The third-order valence-corrected chi connectivity index (χ3v) is 8.92. The van der Waals surface area contributed by atoms with Crippen LogP contribution in [0.4, 0.5) is 26.0 Å². The summed E-state index contributed by atoms with van der Waals surface area (Å²) in [5.41, 5.74) is 4.66. The fourth-order valence-electron chi connectivity index (χ4n) is 5.28. The first-order valence-corrected chi connectivity index (χ1v) is 15.3. The monoisotopic (exact) mass is 574 g/mol. The van der Waals surface area contributed by atoms with Gasteiger partial charge in [-0.3, -0.25) is 4.72 Å². The van der Waals surface area contributed by atoms with Gasteiger partial charge in [0.25, 0.3) is 5.92 Å². The predicted molar refractivity (Wildman–Crippen MR) is 153 cm³/mol. The summed E-state index contributed by atoms with van der Waals surface area (Å²) in [6, 6.07) is 9.24. The zero-order valence-electron chi connectivity index (χ0n) is 22.9. The molecule has 2 saturated heterocycles. The van der Waals surface area contributed by atoms with Crippen LogP contribution in [0.3, 0.4) is 0 Å². The van der Waals surface area contributed by atoms with E-state index in [4.69, 9.17) is 5.11 Å². The largest absolute Gasteiger partial charge is 0.395 e. The van der Waals surface area contributed by atoms with Crippen LogP contribution < -0.4 is 14.5 Å². The molecule has 3 aromatic rings. The van der Waals surface area contributed by atoms with Crippen LogP contribution in [-0.4, -0.2) is 72.8 Å². The van der Waals surface area contributed by atoms with Crippen LogP contribution in [0.15, 0.2) is 42.7 Å². The van der Waals surface area contributed by atoms with E-state index in [1.165, 1.54) is 0 Å². The summed E-state index contributed by atoms with van der Waals surface area (Å²) in [6.45, 7) is 5.87. The van der Waals surface area contributed by atoms with Crippen molar-refractivity contribution in [3.05, 3.63) is 48.4 Å². The van der Waals surface area contributed by atoms with Gasteiger partial charge in [-0.2, -0.15) is 5.10 Å². The summed E-state index contributed by atoms with van der Waals surface area (Å²) in [4.78, 5) is 8.76. The maximum Gasteiger partial charge on any atom is 0.251 e. The standard InChI is InChI=1S/C28H36F2N6O3S/c1-20-5-9-34(10-6-20)26-17-24(33-40(38,39)14-13-37)3-4-25(26)36-19-23(18-31-36)22-15-21(2)32-27(16-22)35-11-7-28(29,30)8-12-35/h3-4,15-20,33,37H,5-14H2,1-2H3. The summed E-state index contributed by atoms with van der Waals surface area (Å²) in [5, 5.41) is 13.7. The van der Waals surface area contributed by atoms with Crippen molar-refractivity contribution in [2.45, 2.75) is 45.5 Å². The van der Waals surface area contributed by atoms with Gasteiger partial charge in [-0.1, -0.05) is 6.92 Å². The third-order valence-electron chi connectivity index (χ3n) is 7.65. The van der Waals surface area contributed by atoms with Crippen LogP contribution in [-0.2, 0) is 10.0 Å². The second kappa shape index (κ2) is 11.3. The highest BCUT2D eigenvalue weighted by molar-refractivity contribution is 7.92. The Balaban J connectivity index is 1.46. The highest BCUT2D eigenvalue weighted by atomic mass is 32.2. The van der Waals surface area contributed by atoms with E-state index < -0.39 is 22.6 Å². The van der Waals surface area contributed by atoms with Gasteiger partial charge in [0.1, 0.15) is 5.82 Å². The van der Waals surface area contributed by atoms with Crippen LogP contribution in [0.1, 0.15) is 38.3 Å². The molecule has 0 amide bonds. The summed E-state index contributed by atoms with van der Waals surface area (Å²) in [6.07, 6.45) is 5.39. The van der Waals surface area contributed by atoms with Crippen LogP contribution in [0.2, 0.25) is 0 Å². The van der Waals surface area contributed by atoms with Crippen LogP contribution >= 0.6 is 0 Å². The van der Waals surface area contributed by atoms with Crippen molar-refractivity contribution in [3.8, 4) is 16.8 Å². The number of aryl methyl sites for hydroxylation is 1. The van der Waals surface area contributed by atoms with E-state index >= 15 is 0 Å². The van der Waals surface area contributed by atoms with Gasteiger partial charge < -0.3 is 14.9 Å². The zero-order valence-corrected chi connectivity index (χ0v) is 23.7. The first kappa shape index (κ1) is 28.3. The summed E-state index contributed by atoms with van der Waals surface area (Å²) < 4.78 is 56.3. The predicted octanol–water partition coefficient (Wildman–Crippen LogP) is 4.45. The zero-order chi connectivity index (χ0) is 28.5. The van der Waals surface area contributed by atoms with Crippen molar-refractivity contribution in [3.63, 3.8) is 0 Å². The maximum atomic E-state index is 13.7. The van der Waals surface area contributed by atoms with Crippen LogP contribution in [0.5, 0.6) is 0 Å². The van der Waals surface area contributed by atoms with Gasteiger partial charge >= 0.3 is 0 Å². The number of halogens is 2. The fourth-order valence-corrected chi connectivity index (χ4v) is 6.11. The quantitative estimate of drug-likeness (QED) is 0.410. The minimum absolute atomic E-state index is 0.180. The van der Waals surface area contributed by atoms with Crippen molar-refractivity contribution in [1.29, 1.82) is 0 Å². The third kappa shape index (κ3) is 6.55. The first-order valence-electron chi connectivity index (χ1n) is 13.7. The molecule has 0 bridgehead atoms. The molecule has 9 nitrogen and oxygen atoms in total. The number of nitrogens with one attached hydrogen (secondary N) is 1. The Labute approximate surface area is 233 Å². The van der Waals surface area contributed by atoms with E-state index in [1.54, 1.807) is 16.9 Å². The lowest BCUT2D eigenvalue weighted by molar-refractivity contribution is -0.0221. The molecule has 1 aromatic carbocycles. The van der Waals surface area contributed by atoms with Crippen LogP contribution in [0.25, 0.3) is 16.8 Å². The molecule has 5 rings (SSSR count). The molecule has 2 fully saturated rings. The number of aliphatic hydroxyl groups is 1. The number of hydrogen-bond donors (Lipinski definition) is 2. The van der Waals surface area contributed by atoms with Crippen molar-refractivity contribution < 1.29 is 22.3 Å². The Kier molecular flexibility index (Phi) is 8.01. The Morgan fingerprint density at radius 1 is 1.02 bits per heavy atom. The van der Waals surface area contributed by atoms with E-state index in [0.29, 0.717) is 17.4 Å². The van der Waals surface area contributed by atoms with Crippen molar-refractivity contribution in [2.75, 3.05) is 53.1 Å². The highest BCUT2D eigenvalue weighted by Gasteiger charge is 2.34. The normalized spacial score (nSPS) is 18.2. The Morgan fingerprint density at radius 3 is 2.45 bits per heavy atom. The number of nitrogens with zero attached hydrogens (tertiary/aromatic N) is 5. The Morgan fingerprint density at radius 2 is 1.75 bits per heavy atom. The van der Waals surface area contributed by atoms with E-state index in [-0.39, 0.29) is 31.7 Å². The molecule has 216 valence electrons. The molecule has 2 aromatic heterocycles. The minimum atomic E-state index is -3.67. The average molecular weight is 575 g/mol. The second-order valence-corrected chi connectivity index (χ2v) is 12.7. The molecule has 40 heavy (non-hydrogen) atoms. The lowest BCUT2D eigenvalue weighted by Crippen LogP contribution is -2.39. The van der Waals surface area contributed by atoms with Gasteiger partial charge in [0, 0.05) is 56.5 Å². The Hall–Kier alpha value is -3.25. The SMILES string of the molecule is Cc1cc(-c2cnn(-c3ccc(NS(=O)(=O)CCO)cc3N3CCC(C)CC3)c2)cc(N2CCC(F)(F)CC2)n1. The summed E-state index contributed by atoms with van der Waals surface area (Å²) >= 11 is 0. The first-order chi connectivity index (χ1) is 19.0. The molecule has 12 heteroatoms. The highest BCUT2D eigenvalue weighted by Crippen LogP contribution is 2.34. The van der Waals surface area contributed by atoms with Crippen molar-refractivity contribution in [2.24, 2.45) is 5.92 Å². The van der Waals surface area contributed by atoms with E-state index in [2.05, 4.69) is 26.6 Å². The van der Waals surface area contributed by atoms with Gasteiger partial charge in [-0.25, -0.2) is 26.9 Å². The molecule has 0 radical (unpaired) electrons. The van der Waals surface area contributed by atoms with Gasteiger partial charge in [-0.05, 0) is 61.6 Å². The van der Waals surface area contributed by atoms with E-state index in [9.17, 15) is 17.2 Å². The molecule has 2 aliphatic rings. The van der Waals surface area contributed by atoms with Crippen LogP contribution in [0, 0.1) is 12.8 Å². The van der Waals surface area contributed by atoms with Crippen molar-refractivity contribution >= 4 is 27.2 Å². The fraction of sp³-hybridized carbons (Fsp3) is 0.500. The number of sulfonamides is 1. The van der Waals surface area contributed by atoms with Gasteiger partial charge in [0.05, 0.1) is 35.6 Å². The number of alkyl halides is 2. The minimum Gasteiger partial charge on any atom is -0.395 e. The lowest BCUT2D eigenvalue weighted by atomic mass is 9.98. The van der Waals surface area contributed by atoms with Gasteiger partial charge in [0.2, 0.25) is 10.0 Å². The lowest BCUT2D eigenvalue weighted by Gasteiger charge is -2.33. The Bertz CT molecular complexity index is 1440. The van der Waals surface area contributed by atoms with Gasteiger partial charge in [0.15, 0.2) is 0 Å². The average Bonchev–Trinajstić information content (AvgIpc) is 3.39. The number of hydrogen-bond acceptors (Lipinski definition) is 7. The molecule has 4 heterocycles. The number of benzene rings is 1. The molecule has 2 N–H and O–H groups in total. The number of rotatable bonds is 8. The summed E-state index contributed by atoms with van der Waals surface area (Å²) in [5.74, 6) is -1.69. The number of anilines is 3. The topological polar surface area (TPSA) is 104 Å². The number of piperidine rings is 2. The molecule has 0 aliphatic carbocycles.